The molecule has 2 fully saturated rings. The lowest BCUT2D eigenvalue weighted by Crippen LogP contribution is -2.40. The Balaban J connectivity index is 1.05. The topological polar surface area (TPSA) is 95.9 Å². The number of ether oxygens (including phenoxy) is 1. The molecule has 7 nitrogen and oxygen atoms in total. The van der Waals surface area contributed by atoms with Gasteiger partial charge in [-0.15, -0.1) is 0 Å². The van der Waals surface area contributed by atoms with Gasteiger partial charge in [0.2, 0.25) is 5.91 Å². The number of aliphatic carboxylic acids is 1. The molecule has 2 atom stereocenters. The van der Waals surface area contributed by atoms with E-state index in [-0.39, 0.29) is 36.7 Å². The van der Waals surface area contributed by atoms with E-state index in [0.717, 1.165) is 19.3 Å². The smallest absolute Gasteiger partial charge is 0.407 e. The van der Waals surface area contributed by atoms with Gasteiger partial charge in [0.05, 0.1) is 0 Å². The molecule has 2 aromatic rings. The number of rotatable bonds is 8. The number of alkyl carbamates (subject to hydrolysis) is 1. The number of nitrogens with one attached hydrogen (secondary N) is 1. The first kappa shape index (κ1) is 23.4. The molecule has 2 unspecified atom stereocenters. The number of nitrogens with zero attached hydrogens (tertiary/aromatic N) is 1. The number of carbonyl (C=O) groups is 3. The molecular weight excluding hydrogens is 444 g/mol. The van der Waals surface area contributed by atoms with E-state index in [1.807, 2.05) is 29.2 Å². The highest BCUT2D eigenvalue weighted by molar-refractivity contribution is 5.82. The van der Waals surface area contributed by atoms with Crippen molar-refractivity contribution in [2.45, 2.75) is 38.0 Å². The summed E-state index contributed by atoms with van der Waals surface area (Å²) in [7, 11) is 0. The Kier molecular flexibility index (Phi) is 6.75. The van der Waals surface area contributed by atoms with Crippen molar-refractivity contribution in [3.05, 3.63) is 59.7 Å². The molecule has 0 spiro atoms. The molecule has 1 heterocycles. The Morgan fingerprint density at radius 3 is 2.23 bits per heavy atom. The summed E-state index contributed by atoms with van der Waals surface area (Å²) in [5.41, 5.74) is 4.76. The molecule has 0 aromatic heterocycles. The molecule has 5 rings (SSSR count). The summed E-state index contributed by atoms with van der Waals surface area (Å²) in [6, 6.07) is 16.5. The highest BCUT2D eigenvalue weighted by Crippen LogP contribution is 2.44. The molecule has 2 amide bonds. The van der Waals surface area contributed by atoms with Crippen molar-refractivity contribution in [3.8, 4) is 11.1 Å². The molecule has 1 saturated carbocycles. The number of piperidine rings is 1. The number of carboxylic acids is 1. The first-order chi connectivity index (χ1) is 17.0. The first-order valence-corrected chi connectivity index (χ1v) is 12.6. The van der Waals surface area contributed by atoms with Crippen LogP contribution in [0.1, 0.15) is 49.1 Å². The molecule has 1 aliphatic heterocycles. The molecule has 0 bridgehead atoms. The van der Waals surface area contributed by atoms with Crippen LogP contribution in [0.5, 0.6) is 0 Å². The molecule has 0 radical (unpaired) electrons. The molecule has 3 aliphatic rings. The van der Waals surface area contributed by atoms with Crippen LogP contribution in [0.2, 0.25) is 0 Å². The largest absolute Gasteiger partial charge is 0.481 e. The normalized spacial score (nSPS) is 21.2. The SMILES string of the molecule is O=C(O)CCC1CCN(C(=O)C2CC2CNC(=O)OCC2c3ccccc3-c3ccccc32)CC1. The van der Waals surface area contributed by atoms with Crippen molar-refractivity contribution in [3.63, 3.8) is 0 Å². The fourth-order valence-corrected chi connectivity index (χ4v) is 5.64. The summed E-state index contributed by atoms with van der Waals surface area (Å²) < 4.78 is 5.59. The number of carbonyl (C=O) groups excluding carboxylic acids is 2. The van der Waals surface area contributed by atoms with Crippen LogP contribution in [0.4, 0.5) is 4.79 Å². The number of hydrogen-bond donors (Lipinski definition) is 2. The van der Waals surface area contributed by atoms with E-state index in [1.165, 1.54) is 22.3 Å². The lowest BCUT2D eigenvalue weighted by molar-refractivity contribution is -0.138. The first-order valence-electron chi connectivity index (χ1n) is 12.6. The van der Waals surface area contributed by atoms with Crippen molar-refractivity contribution < 1.29 is 24.2 Å². The van der Waals surface area contributed by atoms with Crippen LogP contribution in [0, 0.1) is 17.8 Å². The van der Waals surface area contributed by atoms with Crippen molar-refractivity contribution in [1.82, 2.24) is 10.2 Å². The highest BCUT2D eigenvalue weighted by atomic mass is 16.5. The summed E-state index contributed by atoms with van der Waals surface area (Å²) in [4.78, 5) is 37.9. The molecular formula is C28H32N2O5. The second-order valence-electron chi connectivity index (χ2n) is 10.0. The Hall–Kier alpha value is -3.35. The maximum atomic E-state index is 12.8. The maximum Gasteiger partial charge on any atom is 0.407 e. The predicted molar refractivity (Wildman–Crippen MR) is 131 cm³/mol. The van der Waals surface area contributed by atoms with Crippen LogP contribution in [0.15, 0.2) is 48.5 Å². The average Bonchev–Trinajstić information content (AvgIpc) is 3.59. The fraction of sp³-hybridized carbons (Fsp3) is 0.464. The van der Waals surface area contributed by atoms with Crippen molar-refractivity contribution in [2.24, 2.45) is 17.8 Å². The van der Waals surface area contributed by atoms with Crippen LogP contribution >= 0.6 is 0 Å². The molecule has 1 saturated heterocycles. The summed E-state index contributed by atoms with van der Waals surface area (Å²) in [5, 5.41) is 11.7. The Morgan fingerprint density at radius 1 is 0.971 bits per heavy atom. The zero-order chi connectivity index (χ0) is 24.4. The second-order valence-corrected chi connectivity index (χ2v) is 10.0. The zero-order valence-electron chi connectivity index (χ0n) is 19.8. The number of likely N-dealkylation sites (tertiary alicyclic amines) is 1. The van der Waals surface area contributed by atoms with Gasteiger partial charge < -0.3 is 20.1 Å². The van der Waals surface area contributed by atoms with E-state index in [2.05, 4.69) is 29.6 Å². The number of fused-ring (bicyclic) bond motifs is 3. The van der Waals surface area contributed by atoms with E-state index in [0.29, 0.717) is 32.0 Å². The minimum Gasteiger partial charge on any atom is -0.481 e. The predicted octanol–water partition coefficient (Wildman–Crippen LogP) is 4.26. The van der Waals surface area contributed by atoms with Gasteiger partial charge in [0.25, 0.3) is 0 Å². The molecule has 7 heteroatoms. The number of benzene rings is 2. The molecule has 184 valence electrons. The number of carboxylic acid groups (broad SMARTS) is 1. The Labute approximate surface area is 205 Å². The number of hydrogen-bond acceptors (Lipinski definition) is 4. The highest BCUT2D eigenvalue weighted by Gasteiger charge is 2.45. The summed E-state index contributed by atoms with van der Waals surface area (Å²) in [6.45, 7) is 2.13. The summed E-state index contributed by atoms with van der Waals surface area (Å²) >= 11 is 0. The Morgan fingerprint density at radius 2 is 1.60 bits per heavy atom. The maximum absolute atomic E-state index is 12.8. The van der Waals surface area contributed by atoms with Gasteiger partial charge in [-0.2, -0.15) is 0 Å². The van der Waals surface area contributed by atoms with E-state index in [4.69, 9.17) is 9.84 Å². The van der Waals surface area contributed by atoms with Gasteiger partial charge in [-0.25, -0.2) is 4.79 Å². The molecule has 35 heavy (non-hydrogen) atoms. The monoisotopic (exact) mass is 476 g/mol. The third-order valence-electron chi connectivity index (χ3n) is 7.78. The van der Waals surface area contributed by atoms with E-state index < -0.39 is 12.1 Å². The fourth-order valence-electron chi connectivity index (χ4n) is 5.64. The number of amides is 2. The van der Waals surface area contributed by atoms with Gasteiger partial charge in [0.15, 0.2) is 0 Å². The van der Waals surface area contributed by atoms with Gasteiger partial charge in [-0.1, -0.05) is 48.5 Å². The minimum absolute atomic E-state index is 0.0283. The summed E-state index contributed by atoms with van der Waals surface area (Å²) in [6.07, 6.45) is 2.98. The zero-order valence-corrected chi connectivity index (χ0v) is 19.8. The van der Waals surface area contributed by atoms with Crippen molar-refractivity contribution in [1.29, 1.82) is 0 Å². The quantitative estimate of drug-likeness (QED) is 0.593. The third-order valence-corrected chi connectivity index (χ3v) is 7.78. The lowest BCUT2D eigenvalue weighted by Gasteiger charge is -2.32. The van der Waals surface area contributed by atoms with Crippen molar-refractivity contribution in [2.75, 3.05) is 26.2 Å². The van der Waals surface area contributed by atoms with Gasteiger partial charge in [-0.3, -0.25) is 9.59 Å². The van der Waals surface area contributed by atoms with E-state index in [9.17, 15) is 14.4 Å². The molecule has 2 aliphatic carbocycles. The van der Waals surface area contributed by atoms with Crippen LogP contribution in [0.25, 0.3) is 11.1 Å². The lowest BCUT2D eigenvalue weighted by atomic mass is 9.92. The molecule has 2 aromatic carbocycles. The van der Waals surface area contributed by atoms with Gasteiger partial charge in [-0.05, 0) is 59.8 Å². The van der Waals surface area contributed by atoms with Crippen LogP contribution in [-0.4, -0.2) is 54.2 Å². The average molecular weight is 477 g/mol. The third kappa shape index (κ3) is 5.19. The van der Waals surface area contributed by atoms with Gasteiger partial charge in [0, 0.05) is 37.9 Å². The second kappa shape index (κ2) is 10.1. The Bertz CT molecular complexity index is 1060. The van der Waals surface area contributed by atoms with Gasteiger partial charge in [0.1, 0.15) is 6.61 Å². The van der Waals surface area contributed by atoms with Crippen LogP contribution in [0.3, 0.4) is 0 Å². The standard InChI is InChI=1S/C28H32N2O5/c31-26(32)10-9-18-11-13-30(14-12-18)27(33)24-15-19(24)16-29-28(34)35-17-25-22-7-3-1-5-20(22)21-6-2-4-8-23(21)25/h1-8,18-19,24-25H,9-17H2,(H,29,34)(H,31,32). The summed E-state index contributed by atoms with van der Waals surface area (Å²) in [5.74, 6) is -0.0383. The van der Waals surface area contributed by atoms with E-state index >= 15 is 0 Å². The van der Waals surface area contributed by atoms with Crippen molar-refractivity contribution >= 4 is 18.0 Å². The van der Waals surface area contributed by atoms with E-state index in [1.54, 1.807) is 0 Å². The molecule has 2 N–H and O–H groups in total. The van der Waals surface area contributed by atoms with Crippen LogP contribution < -0.4 is 5.32 Å². The minimum atomic E-state index is -0.756. The van der Waals surface area contributed by atoms with Gasteiger partial charge >= 0.3 is 12.1 Å². The van der Waals surface area contributed by atoms with Crippen LogP contribution in [-0.2, 0) is 14.3 Å².